The number of likely N-dealkylation sites (tertiary alicyclic amines) is 1. The highest BCUT2D eigenvalue weighted by molar-refractivity contribution is 5.74. The van der Waals surface area contributed by atoms with Crippen molar-refractivity contribution in [1.29, 1.82) is 0 Å². The molecule has 0 amide bonds. The predicted molar refractivity (Wildman–Crippen MR) is 106 cm³/mol. The van der Waals surface area contributed by atoms with E-state index in [-0.39, 0.29) is 5.82 Å². The molecule has 29 heavy (non-hydrogen) atoms. The van der Waals surface area contributed by atoms with Crippen LogP contribution in [0.4, 0.5) is 4.39 Å². The van der Waals surface area contributed by atoms with E-state index in [4.69, 9.17) is 14.2 Å². The summed E-state index contributed by atoms with van der Waals surface area (Å²) in [6, 6.07) is 8.59. The lowest BCUT2D eigenvalue weighted by molar-refractivity contribution is -0.145. The van der Waals surface area contributed by atoms with E-state index in [1.165, 1.54) is 12.1 Å². The Morgan fingerprint density at radius 2 is 1.66 bits per heavy atom. The fourth-order valence-corrected chi connectivity index (χ4v) is 3.99. The van der Waals surface area contributed by atoms with Gasteiger partial charge in [-0.1, -0.05) is 18.6 Å². The van der Waals surface area contributed by atoms with Gasteiger partial charge in [0.15, 0.2) is 11.5 Å². The Labute approximate surface area is 169 Å². The molecule has 7 heteroatoms. The number of ether oxygens (including phenoxy) is 3. The highest BCUT2D eigenvalue weighted by Gasteiger charge is 2.36. The fraction of sp³-hybridized carbons (Fsp3) is 0.409. The first kappa shape index (κ1) is 20.9. The first-order valence-electron chi connectivity index (χ1n) is 9.54. The van der Waals surface area contributed by atoms with Crippen molar-refractivity contribution in [2.24, 2.45) is 0 Å². The van der Waals surface area contributed by atoms with E-state index < -0.39 is 18.1 Å². The summed E-state index contributed by atoms with van der Waals surface area (Å²) in [6.45, 7) is 0.608. The van der Waals surface area contributed by atoms with Gasteiger partial charge in [-0.3, -0.25) is 9.69 Å². The quantitative estimate of drug-likeness (QED) is 0.757. The minimum Gasteiger partial charge on any atom is -0.496 e. The van der Waals surface area contributed by atoms with Gasteiger partial charge >= 0.3 is 5.97 Å². The van der Waals surface area contributed by atoms with E-state index in [1.807, 2.05) is 4.90 Å². The van der Waals surface area contributed by atoms with Crippen LogP contribution in [0, 0.1) is 5.82 Å². The number of hydrogen-bond donors (Lipinski definition) is 1. The molecule has 2 atom stereocenters. The van der Waals surface area contributed by atoms with Crippen molar-refractivity contribution in [3.8, 4) is 17.2 Å². The molecule has 0 aliphatic carbocycles. The lowest BCUT2D eigenvalue weighted by Gasteiger charge is -2.40. The van der Waals surface area contributed by atoms with E-state index in [2.05, 4.69) is 0 Å². The van der Waals surface area contributed by atoms with Gasteiger partial charge in [-0.15, -0.1) is 0 Å². The summed E-state index contributed by atoms with van der Waals surface area (Å²) < 4.78 is 30.1. The molecule has 1 heterocycles. The van der Waals surface area contributed by atoms with Crippen molar-refractivity contribution in [1.82, 2.24) is 4.90 Å². The number of carboxylic acids is 1. The number of hydrogen-bond acceptors (Lipinski definition) is 5. The zero-order valence-corrected chi connectivity index (χ0v) is 16.9. The highest BCUT2D eigenvalue weighted by atomic mass is 19.1. The second-order valence-corrected chi connectivity index (χ2v) is 6.99. The maximum Gasteiger partial charge on any atom is 0.320 e. The van der Waals surface area contributed by atoms with Gasteiger partial charge in [0, 0.05) is 11.6 Å². The average Bonchev–Trinajstić information content (AvgIpc) is 2.75. The normalized spacial score (nSPS) is 18.1. The van der Waals surface area contributed by atoms with Crippen molar-refractivity contribution in [3.05, 3.63) is 53.3 Å². The second kappa shape index (κ2) is 9.13. The molecule has 2 aromatic carbocycles. The lowest BCUT2D eigenvalue weighted by Crippen LogP contribution is -2.46. The predicted octanol–water partition coefficient (Wildman–Crippen LogP) is 3.88. The van der Waals surface area contributed by atoms with Crippen LogP contribution in [-0.2, 0) is 4.79 Å². The molecule has 0 radical (unpaired) electrons. The second-order valence-electron chi connectivity index (χ2n) is 6.99. The summed E-state index contributed by atoms with van der Waals surface area (Å²) in [7, 11) is 4.64. The Kier molecular flexibility index (Phi) is 6.59. The number of nitrogens with zero attached hydrogens (tertiary/aromatic N) is 1. The number of rotatable bonds is 7. The first-order chi connectivity index (χ1) is 14.0. The molecule has 0 saturated carbocycles. The molecule has 1 aliphatic heterocycles. The zero-order chi connectivity index (χ0) is 21.0. The van der Waals surface area contributed by atoms with Crippen LogP contribution >= 0.6 is 0 Å². The summed E-state index contributed by atoms with van der Waals surface area (Å²) in [4.78, 5) is 13.9. The fourth-order valence-electron chi connectivity index (χ4n) is 3.99. The summed E-state index contributed by atoms with van der Waals surface area (Å²) in [5, 5.41) is 9.83. The molecular formula is C22H26FNO5. The summed E-state index contributed by atoms with van der Waals surface area (Å²) in [5.74, 6) is 0.363. The van der Waals surface area contributed by atoms with E-state index in [9.17, 15) is 14.3 Å². The third-order valence-electron chi connectivity index (χ3n) is 5.38. The largest absolute Gasteiger partial charge is 0.496 e. The summed E-state index contributed by atoms with van der Waals surface area (Å²) >= 11 is 0. The number of methoxy groups -OCH3 is 3. The smallest absolute Gasteiger partial charge is 0.320 e. The third kappa shape index (κ3) is 4.29. The Bertz CT molecular complexity index is 855. The minimum atomic E-state index is -0.865. The molecule has 3 rings (SSSR count). The lowest BCUT2D eigenvalue weighted by atomic mass is 9.91. The molecule has 6 nitrogen and oxygen atoms in total. The minimum absolute atomic E-state index is 0.347. The Morgan fingerprint density at radius 1 is 1.03 bits per heavy atom. The van der Waals surface area contributed by atoms with Crippen LogP contribution in [0.2, 0.25) is 0 Å². The van der Waals surface area contributed by atoms with Crippen molar-refractivity contribution in [3.63, 3.8) is 0 Å². The molecular weight excluding hydrogens is 377 g/mol. The van der Waals surface area contributed by atoms with Crippen LogP contribution in [0.1, 0.15) is 36.4 Å². The Hall–Kier alpha value is -2.80. The molecule has 0 spiro atoms. The molecule has 0 aromatic heterocycles. The average molecular weight is 403 g/mol. The molecule has 1 aliphatic rings. The van der Waals surface area contributed by atoms with E-state index in [0.29, 0.717) is 30.2 Å². The van der Waals surface area contributed by atoms with Gasteiger partial charge in [0.05, 0.1) is 27.4 Å². The van der Waals surface area contributed by atoms with Crippen LogP contribution in [-0.4, -0.2) is 49.9 Å². The van der Waals surface area contributed by atoms with Crippen molar-refractivity contribution in [2.75, 3.05) is 27.9 Å². The molecule has 0 bridgehead atoms. The SMILES string of the molecule is COc1cc(OC)c(C(c2ccc(F)cc2)N2CCCCC2C(=O)O)cc1OC. The monoisotopic (exact) mass is 403 g/mol. The Balaban J connectivity index is 2.20. The van der Waals surface area contributed by atoms with Gasteiger partial charge in [-0.2, -0.15) is 0 Å². The van der Waals surface area contributed by atoms with Gasteiger partial charge in [0.1, 0.15) is 17.6 Å². The molecule has 156 valence electrons. The summed E-state index contributed by atoms with van der Waals surface area (Å²) in [6.07, 6.45) is 2.30. The van der Waals surface area contributed by atoms with Crippen LogP contribution in [0.3, 0.4) is 0 Å². The summed E-state index contributed by atoms with van der Waals surface area (Å²) in [5.41, 5.74) is 1.52. The van der Waals surface area contributed by atoms with Gasteiger partial charge in [-0.05, 0) is 43.1 Å². The standard InChI is InChI=1S/C22H26FNO5/c1-27-18-13-20(29-3)19(28-2)12-16(18)21(14-7-9-15(23)10-8-14)24-11-5-4-6-17(24)22(25)26/h7-10,12-13,17,21H,4-6,11H2,1-3H3,(H,25,26). The van der Waals surface area contributed by atoms with Crippen LogP contribution in [0.25, 0.3) is 0 Å². The molecule has 2 aromatic rings. The Morgan fingerprint density at radius 3 is 2.24 bits per heavy atom. The van der Waals surface area contributed by atoms with Gasteiger partial charge < -0.3 is 19.3 Å². The van der Waals surface area contributed by atoms with Crippen LogP contribution in [0.15, 0.2) is 36.4 Å². The highest BCUT2D eigenvalue weighted by Crippen LogP contribution is 2.43. The van der Waals surface area contributed by atoms with Crippen molar-refractivity contribution in [2.45, 2.75) is 31.3 Å². The molecule has 1 N–H and O–H groups in total. The third-order valence-corrected chi connectivity index (χ3v) is 5.38. The first-order valence-corrected chi connectivity index (χ1v) is 9.54. The van der Waals surface area contributed by atoms with Crippen molar-refractivity contribution < 1.29 is 28.5 Å². The molecule has 1 fully saturated rings. The van der Waals surface area contributed by atoms with Crippen LogP contribution < -0.4 is 14.2 Å². The molecule has 2 unspecified atom stereocenters. The van der Waals surface area contributed by atoms with Gasteiger partial charge in [-0.25, -0.2) is 4.39 Å². The number of halogens is 1. The van der Waals surface area contributed by atoms with Gasteiger partial charge in [0.25, 0.3) is 0 Å². The number of aliphatic carboxylic acids is 1. The van der Waals surface area contributed by atoms with Crippen molar-refractivity contribution >= 4 is 5.97 Å². The van der Waals surface area contributed by atoms with Gasteiger partial charge in [0.2, 0.25) is 0 Å². The maximum absolute atomic E-state index is 13.6. The van der Waals surface area contributed by atoms with E-state index >= 15 is 0 Å². The van der Waals surface area contributed by atoms with E-state index in [1.54, 1.807) is 45.6 Å². The number of carbonyl (C=O) groups is 1. The topological polar surface area (TPSA) is 68.2 Å². The zero-order valence-electron chi connectivity index (χ0n) is 16.9. The number of piperidine rings is 1. The molecule has 1 saturated heterocycles. The van der Waals surface area contributed by atoms with E-state index in [0.717, 1.165) is 24.0 Å². The number of carboxylic acid groups (broad SMARTS) is 1. The number of benzene rings is 2. The van der Waals surface area contributed by atoms with Crippen LogP contribution in [0.5, 0.6) is 17.2 Å². The maximum atomic E-state index is 13.6.